The first kappa shape index (κ1) is 18.0. The predicted molar refractivity (Wildman–Crippen MR) is 103 cm³/mol. The highest BCUT2D eigenvalue weighted by molar-refractivity contribution is 5.95. The van der Waals surface area contributed by atoms with Gasteiger partial charge in [0.1, 0.15) is 11.5 Å². The highest BCUT2D eigenvalue weighted by Gasteiger charge is 2.30. The Morgan fingerprint density at radius 2 is 2.04 bits per heavy atom. The highest BCUT2D eigenvalue weighted by atomic mass is 16.5. The number of nitrogens with one attached hydrogen (secondary N) is 1. The zero-order valence-electron chi connectivity index (χ0n) is 15.6. The Hall–Kier alpha value is -3.35. The van der Waals surface area contributed by atoms with Gasteiger partial charge in [-0.15, -0.1) is 0 Å². The summed E-state index contributed by atoms with van der Waals surface area (Å²) in [5.41, 5.74) is 1.95. The molecule has 0 radical (unpaired) electrons. The van der Waals surface area contributed by atoms with Gasteiger partial charge in [-0.2, -0.15) is 0 Å². The fourth-order valence-electron chi connectivity index (χ4n) is 3.41. The van der Waals surface area contributed by atoms with Crippen LogP contribution in [0.4, 0.5) is 5.69 Å². The Labute approximate surface area is 162 Å². The molecule has 1 aliphatic heterocycles. The number of rotatable bonds is 4. The molecule has 2 aromatic heterocycles. The van der Waals surface area contributed by atoms with Crippen LogP contribution in [0.3, 0.4) is 0 Å². The van der Waals surface area contributed by atoms with E-state index >= 15 is 0 Å². The van der Waals surface area contributed by atoms with Crippen LogP contribution in [-0.2, 0) is 4.79 Å². The molecule has 1 saturated heterocycles. The van der Waals surface area contributed by atoms with E-state index in [0.29, 0.717) is 18.8 Å². The average Bonchev–Trinajstić information content (AvgIpc) is 3.40. The Morgan fingerprint density at radius 1 is 1.21 bits per heavy atom. The SMILES string of the molecule is Cc1cc(C(=O)N2CCCC(C(=O)Nc3ccc(-c4ccco4)cc3)C2)no1. The van der Waals surface area contributed by atoms with Crippen LogP contribution in [0.2, 0.25) is 0 Å². The van der Waals surface area contributed by atoms with Crippen molar-refractivity contribution in [2.24, 2.45) is 5.92 Å². The Bertz CT molecular complexity index is 960. The van der Waals surface area contributed by atoms with E-state index in [0.717, 1.165) is 29.9 Å². The third-order valence-corrected chi connectivity index (χ3v) is 4.88. The average molecular weight is 379 g/mol. The van der Waals surface area contributed by atoms with Gasteiger partial charge in [-0.3, -0.25) is 9.59 Å². The summed E-state index contributed by atoms with van der Waals surface area (Å²) in [5.74, 6) is 0.835. The van der Waals surface area contributed by atoms with E-state index in [1.807, 2.05) is 36.4 Å². The predicted octanol–water partition coefficient (Wildman–Crippen LogP) is 3.73. The molecule has 1 N–H and O–H groups in total. The van der Waals surface area contributed by atoms with Gasteiger partial charge >= 0.3 is 0 Å². The lowest BCUT2D eigenvalue weighted by Crippen LogP contribution is -2.43. The Morgan fingerprint density at radius 3 is 2.71 bits per heavy atom. The second-order valence-corrected chi connectivity index (χ2v) is 6.96. The van der Waals surface area contributed by atoms with Gasteiger partial charge in [0.2, 0.25) is 5.91 Å². The molecule has 28 heavy (non-hydrogen) atoms. The van der Waals surface area contributed by atoms with Crippen LogP contribution in [-0.4, -0.2) is 35.0 Å². The fraction of sp³-hybridized carbons (Fsp3) is 0.286. The van der Waals surface area contributed by atoms with Crippen molar-refractivity contribution in [3.8, 4) is 11.3 Å². The minimum absolute atomic E-state index is 0.0837. The molecule has 2 amide bonds. The molecule has 4 rings (SSSR count). The summed E-state index contributed by atoms with van der Waals surface area (Å²) in [6.07, 6.45) is 3.15. The molecule has 1 fully saturated rings. The normalized spacial score (nSPS) is 16.8. The molecule has 0 saturated carbocycles. The van der Waals surface area contributed by atoms with Crippen molar-refractivity contribution < 1.29 is 18.5 Å². The van der Waals surface area contributed by atoms with Gasteiger partial charge in [0.05, 0.1) is 12.2 Å². The van der Waals surface area contributed by atoms with Gasteiger partial charge in [0.25, 0.3) is 5.91 Å². The molecule has 0 bridgehead atoms. The molecule has 3 heterocycles. The molecule has 7 heteroatoms. The first-order chi connectivity index (χ1) is 13.6. The number of hydrogen-bond acceptors (Lipinski definition) is 5. The van der Waals surface area contributed by atoms with Gasteiger partial charge < -0.3 is 19.2 Å². The molecule has 1 unspecified atom stereocenters. The van der Waals surface area contributed by atoms with Crippen molar-refractivity contribution in [2.75, 3.05) is 18.4 Å². The molecule has 1 aromatic carbocycles. The van der Waals surface area contributed by atoms with Gasteiger partial charge in [0, 0.05) is 30.4 Å². The Kier molecular flexibility index (Phi) is 4.97. The summed E-state index contributed by atoms with van der Waals surface area (Å²) in [6.45, 7) is 2.74. The van der Waals surface area contributed by atoms with E-state index in [9.17, 15) is 9.59 Å². The molecule has 1 atom stereocenters. The van der Waals surface area contributed by atoms with Crippen LogP contribution in [0, 0.1) is 12.8 Å². The second kappa shape index (κ2) is 7.72. The monoisotopic (exact) mass is 379 g/mol. The van der Waals surface area contributed by atoms with E-state index in [1.165, 1.54) is 0 Å². The van der Waals surface area contributed by atoms with Gasteiger partial charge in [-0.1, -0.05) is 5.16 Å². The molecule has 7 nitrogen and oxygen atoms in total. The number of nitrogens with zero attached hydrogens (tertiary/aromatic N) is 2. The highest BCUT2D eigenvalue weighted by Crippen LogP contribution is 2.24. The maximum absolute atomic E-state index is 12.7. The number of carbonyl (C=O) groups is 2. The molecular formula is C21H21N3O4. The topological polar surface area (TPSA) is 88.6 Å². The molecule has 1 aliphatic rings. The fourth-order valence-corrected chi connectivity index (χ4v) is 3.41. The van der Waals surface area contributed by atoms with Gasteiger partial charge in [0.15, 0.2) is 5.69 Å². The summed E-state index contributed by atoms with van der Waals surface area (Å²) < 4.78 is 10.4. The van der Waals surface area contributed by atoms with Crippen LogP contribution in [0.25, 0.3) is 11.3 Å². The minimum atomic E-state index is -0.254. The van der Waals surface area contributed by atoms with Crippen LogP contribution in [0.15, 0.2) is 57.7 Å². The summed E-state index contributed by atoms with van der Waals surface area (Å²) in [7, 11) is 0. The lowest BCUT2D eigenvalue weighted by molar-refractivity contribution is -0.121. The third kappa shape index (κ3) is 3.83. The van der Waals surface area contributed by atoms with Crippen LogP contribution in [0.5, 0.6) is 0 Å². The zero-order valence-corrected chi connectivity index (χ0v) is 15.6. The van der Waals surface area contributed by atoms with Gasteiger partial charge in [-0.25, -0.2) is 0 Å². The van der Waals surface area contributed by atoms with Crippen molar-refractivity contribution in [3.05, 3.63) is 60.2 Å². The number of furan rings is 1. The number of likely N-dealkylation sites (tertiary alicyclic amines) is 1. The summed E-state index contributed by atoms with van der Waals surface area (Å²) in [4.78, 5) is 26.9. The Balaban J connectivity index is 1.38. The number of amides is 2. The molecular weight excluding hydrogens is 358 g/mol. The number of anilines is 1. The van der Waals surface area contributed by atoms with Crippen LogP contribution in [0.1, 0.15) is 29.1 Å². The molecule has 0 spiro atoms. The molecule has 3 aromatic rings. The van der Waals surface area contributed by atoms with E-state index < -0.39 is 0 Å². The van der Waals surface area contributed by atoms with E-state index in [-0.39, 0.29) is 23.4 Å². The van der Waals surface area contributed by atoms with Gasteiger partial charge in [-0.05, 0) is 56.2 Å². The third-order valence-electron chi connectivity index (χ3n) is 4.88. The quantitative estimate of drug-likeness (QED) is 0.746. The van der Waals surface area contributed by atoms with Crippen molar-refractivity contribution in [1.29, 1.82) is 0 Å². The van der Waals surface area contributed by atoms with Crippen molar-refractivity contribution in [1.82, 2.24) is 10.1 Å². The summed E-state index contributed by atoms with van der Waals surface area (Å²) in [5, 5.41) is 6.73. The summed E-state index contributed by atoms with van der Waals surface area (Å²) in [6, 6.07) is 12.8. The van der Waals surface area contributed by atoms with E-state index in [2.05, 4.69) is 10.5 Å². The minimum Gasteiger partial charge on any atom is -0.464 e. The van der Waals surface area contributed by atoms with Crippen molar-refractivity contribution in [3.63, 3.8) is 0 Å². The van der Waals surface area contributed by atoms with Crippen molar-refractivity contribution in [2.45, 2.75) is 19.8 Å². The van der Waals surface area contributed by atoms with Crippen LogP contribution < -0.4 is 5.32 Å². The van der Waals surface area contributed by atoms with Crippen molar-refractivity contribution >= 4 is 17.5 Å². The lowest BCUT2D eigenvalue weighted by Gasteiger charge is -2.31. The largest absolute Gasteiger partial charge is 0.464 e. The number of aromatic nitrogens is 1. The maximum atomic E-state index is 12.7. The summed E-state index contributed by atoms with van der Waals surface area (Å²) >= 11 is 0. The van der Waals surface area contributed by atoms with Crippen LogP contribution >= 0.6 is 0 Å². The second-order valence-electron chi connectivity index (χ2n) is 6.96. The first-order valence-corrected chi connectivity index (χ1v) is 9.27. The zero-order chi connectivity index (χ0) is 19.5. The molecule has 144 valence electrons. The number of benzene rings is 1. The lowest BCUT2D eigenvalue weighted by atomic mass is 9.96. The number of carbonyl (C=O) groups excluding carboxylic acids is 2. The maximum Gasteiger partial charge on any atom is 0.276 e. The number of hydrogen-bond donors (Lipinski definition) is 1. The number of aryl methyl sites for hydroxylation is 1. The first-order valence-electron chi connectivity index (χ1n) is 9.27. The number of piperidine rings is 1. The molecule has 0 aliphatic carbocycles. The standard InChI is InChI=1S/C21H21N3O4/c1-14-12-18(23-28-14)21(26)24-10-2-4-16(13-24)20(25)22-17-8-6-15(7-9-17)19-5-3-11-27-19/h3,5-9,11-12,16H,2,4,10,13H2,1H3,(H,22,25). The smallest absolute Gasteiger partial charge is 0.276 e. The van der Waals surface area contributed by atoms with E-state index in [4.69, 9.17) is 8.94 Å². The van der Waals surface area contributed by atoms with E-state index in [1.54, 1.807) is 24.2 Å².